The number of nitrogens with two attached hydrogens (primary N) is 1. The van der Waals surface area contributed by atoms with Crippen LogP contribution >= 0.6 is 11.8 Å². The van der Waals surface area contributed by atoms with Crippen molar-refractivity contribution in [1.29, 1.82) is 0 Å². The predicted molar refractivity (Wildman–Crippen MR) is 76.0 cm³/mol. The van der Waals surface area contributed by atoms with Crippen molar-refractivity contribution in [2.75, 3.05) is 6.61 Å². The van der Waals surface area contributed by atoms with Gasteiger partial charge in [0.1, 0.15) is 0 Å². The molecule has 0 aliphatic heterocycles. The number of thioether (sulfide) groups is 1. The van der Waals surface area contributed by atoms with Gasteiger partial charge < -0.3 is 10.8 Å². The fourth-order valence-electron chi connectivity index (χ4n) is 1.79. The first kappa shape index (κ1) is 14.6. The molecule has 1 aromatic rings. The van der Waals surface area contributed by atoms with Gasteiger partial charge in [0.2, 0.25) is 0 Å². The second-order valence-electron chi connectivity index (χ2n) is 4.81. The van der Waals surface area contributed by atoms with Gasteiger partial charge in [-0.25, -0.2) is 0 Å². The molecule has 3 N–H and O–H groups in total. The summed E-state index contributed by atoms with van der Waals surface area (Å²) in [5.41, 5.74) is 7.40. The van der Waals surface area contributed by atoms with Crippen LogP contribution in [0.5, 0.6) is 0 Å². The predicted octanol–water partition coefficient (Wildman–Crippen LogP) is 2.65. The maximum Gasteiger partial charge on any atom is 0.0565 e. The summed E-state index contributed by atoms with van der Waals surface area (Å²) in [5, 5.41) is 9.52. The molecule has 96 valence electrons. The SMILES string of the molecule is CC(C)CC(N)C(CO)SCc1ccccc1. The van der Waals surface area contributed by atoms with Crippen molar-refractivity contribution in [3.8, 4) is 0 Å². The van der Waals surface area contributed by atoms with Gasteiger partial charge in [-0.05, 0) is 17.9 Å². The van der Waals surface area contributed by atoms with Crippen molar-refractivity contribution < 1.29 is 5.11 Å². The van der Waals surface area contributed by atoms with E-state index in [1.165, 1.54) is 5.56 Å². The molecule has 1 aromatic carbocycles. The van der Waals surface area contributed by atoms with Crippen LogP contribution in [0.2, 0.25) is 0 Å². The summed E-state index contributed by atoms with van der Waals surface area (Å²) < 4.78 is 0. The van der Waals surface area contributed by atoms with E-state index >= 15 is 0 Å². The molecule has 0 radical (unpaired) electrons. The van der Waals surface area contributed by atoms with E-state index < -0.39 is 0 Å². The van der Waals surface area contributed by atoms with Gasteiger partial charge in [0.15, 0.2) is 0 Å². The van der Waals surface area contributed by atoms with Crippen molar-refractivity contribution in [1.82, 2.24) is 0 Å². The zero-order valence-electron chi connectivity index (χ0n) is 10.7. The molecule has 2 atom stereocenters. The fourth-order valence-corrected chi connectivity index (χ4v) is 2.85. The summed E-state index contributed by atoms with van der Waals surface area (Å²) in [6.07, 6.45) is 0.965. The zero-order valence-corrected chi connectivity index (χ0v) is 11.5. The van der Waals surface area contributed by atoms with Crippen LogP contribution in [0.15, 0.2) is 30.3 Å². The van der Waals surface area contributed by atoms with Crippen molar-refractivity contribution in [3.05, 3.63) is 35.9 Å². The third-order valence-corrected chi connectivity index (χ3v) is 4.13. The highest BCUT2D eigenvalue weighted by Gasteiger charge is 2.18. The molecule has 2 unspecified atom stereocenters. The molecular formula is C14H23NOS. The first-order valence-corrected chi connectivity index (χ1v) is 7.20. The Hall–Kier alpha value is -0.510. The zero-order chi connectivity index (χ0) is 12.7. The molecule has 0 bridgehead atoms. The highest BCUT2D eigenvalue weighted by molar-refractivity contribution is 7.99. The second-order valence-corrected chi connectivity index (χ2v) is 6.04. The normalized spacial score (nSPS) is 14.9. The lowest BCUT2D eigenvalue weighted by Gasteiger charge is -2.23. The van der Waals surface area contributed by atoms with Gasteiger partial charge in [-0.3, -0.25) is 0 Å². The Labute approximate surface area is 109 Å². The number of rotatable bonds is 7. The average Bonchev–Trinajstić information content (AvgIpc) is 2.30. The molecule has 0 saturated heterocycles. The molecule has 0 aromatic heterocycles. The Balaban J connectivity index is 2.42. The molecule has 17 heavy (non-hydrogen) atoms. The average molecular weight is 253 g/mol. The van der Waals surface area contributed by atoms with Gasteiger partial charge in [-0.1, -0.05) is 44.2 Å². The third kappa shape index (κ3) is 5.57. The highest BCUT2D eigenvalue weighted by atomic mass is 32.2. The smallest absolute Gasteiger partial charge is 0.0565 e. The molecule has 0 heterocycles. The molecule has 1 rings (SSSR count). The Bertz CT molecular complexity index is 302. The first-order valence-electron chi connectivity index (χ1n) is 6.15. The van der Waals surface area contributed by atoms with E-state index in [0.717, 1.165) is 12.2 Å². The summed E-state index contributed by atoms with van der Waals surface area (Å²) in [7, 11) is 0. The van der Waals surface area contributed by atoms with Gasteiger partial charge in [0.25, 0.3) is 0 Å². The molecule has 0 fully saturated rings. The molecule has 2 nitrogen and oxygen atoms in total. The van der Waals surface area contributed by atoms with E-state index in [1.54, 1.807) is 11.8 Å². The second kappa shape index (κ2) is 7.75. The van der Waals surface area contributed by atoms with Crippen molar-refractivity contribution in [2.24, 2.45) is 11.7 Å². The quantitative estimate of drug-likeness (QED) is 0.785. The number of hydrogen-bond donors (Lipinski definition) is 2. The topological polar surface area (TPSA) is 46.2 Å². The lowest BCUT2D eigenvalue weighted by Crippen LogP contribution is -2.36. The number of hydrogen-bond acceptors (Lipinski definition) is 3. The molecule has 0 aliphatic carbocycles. The van der Waals surface area contributed by atoms with Gasteiger partial charge >= 0.3 is 0 Å². The largest absolute Gasteiger partial charge is 0.395 e. The van der Waals surface area contributed by atoms with Crippen LogP contribution in [0, 0.1) is 5.92 Å². The first-order chi connectivity index (χ1) is 8.13. The Morgan fingerprint density at radius 2 is 1.88 bits per heavy atom. The van der Waals surface area contributed by atoms with E-state index in [4.69, 9.17) is 5.73 Å². The minimum Gasteiger partial charge on any atom is -0.395 e. The lowest BCUT2D eigenvalue weighted by molar-refractivity contribution is 0.275. The fraction of sp³-hybridized carbons (Fsp3) is 0.571. The van der Waals surface area contributed by atoms with Gasteiger partial charge in [-0.15, -0.1) is 11.8 Å². The number of aliphatic hydroxyl groups excluding tert-OH is 1. The maximum absolute atomic E-state index is 9.39. The summed E-state index contributed by atoms with van der Waals surface area (Å²) in [5.74, 6) is 1.49. The van der Waals surface area contributed by atoms with Crippen LogP contribution in [-0.4, -0.2) is 23.0 Å². The maximum atomic E-state index is 9.39. The summed E-state index contributed by atoms with van der Waals surface area (Å²) in [6.45, 7) is 4.48. The van der Waals surface area contributed by atoms with Crippen LogP contribution in [0.25, 0.3) is 0 Å². The van der Waals surface area contributed by atoms with E-state index in [9.17, 15) is 5.11 Å². The molecule has 3 heteroatoms. The molecule has 0 aliphatic rings. The van der Waals surface area contributed by atoms with E-state index in [1.807, 2.05) is 18.2 Å². The number of benzene rings is 1. The van der Waals surface area contributed by atoms with E-state index in [-0.39, 0.29) is 17.9 Å². The van der Waals surface area contributed by atoms with E-state index in [2.05, 4.69) is 26.0 Å². The molecule has 0 amide bonds. The monoisotopic (exact) mass is 253 g/mol. The number of aliphatic hydroxyl groups is 1. The van der Waals surface area contributed by atoms with E-state index in [0.29, 0.717) is 5.92 Å². The van der Waals surface area contributed by atoms with Crippen molar-refractivity contribution in [2.45, 2.75) is 37.3 Å². The van der Waals surface area contributed by atoms with Gasteiger partial charge in [0, 0.05) is 17.0 Å². The summed E-state index contributed by atoms with van der Waals surface area (Å²) in [6, 6.07) is 10.4. The summed E-state index contributed by atoms with van der Waals surface area (Å²) in [4.78, 5) is 0. The van der Waals surface area contributed by atoms with Crippen LogP contribution in [-0.2, 0) is 5.75 Å². The Morgan fingerprint density at radius 1 is 1.24 bits per heavy atom. The van der Waals surface area contributed by atoms with Gasteiger partial charge in [-0.2, -0.15) is 0 Å². The summed E-state index contributed by atoms with van der Waals surface area (Å²) >= 11 is 1.75. The van der Waals surface area contributed by atoms with Crippen LogP contribution in [0.4, 0.5) is 0 Å². The Kier molecular flexibility index (Phi) is 6.63. The standard InChI is InChI=1S/C14H23NOS/c1-11(2)8-13(15)14(9-16)17-10-12-6-4-3-5-7-12/h3-7,11,13-14,16H,8-10,15H2,1-2H3. The van der Waals surface area contributed by atoms with Crippen molar-refractivity contribution >= 4 is 11.8 Å². The van der Waals surface area contributed by atoms with Gasteiger partial charge in [0.05, 0.1) is 6.61 Å². The highest BCUT2D eigenvalue weighted by Crippen LogP contribution is 2.22. The van der Waals surface area contributed by atoms with Crippen LogP contribution in [0.3, 0.4) is 0 Å². The third-order valence-electron chi connectivity index (χ3n) is 2.71. The molecule has 0 spiro atoms. The Morgan fingerprint density at radius 3 is 2.41 bits per heavy atom. The van der Waals surface area contributed by atoms with Crippen LogP contribution in [0.1, 0.15) is 25.8 Å². The minimum absolute atomic E-state index is 0.0775. The molecular weight excluding hydrogens is 230 g/mol. The van der Waals surface area contributed by atoms with Crippen molar-refractivity contribution in [3.63, 3.8) is 0 Å². The minimum atomic E-state index is 0.0775. The lowest BCUT2D eigenvalue weighted by atomic mass is 10.0. The molecule has 0 saturated carbocycles. The van der Waals surface area contributed by atoms with Crippen LogP contribution < -0.4 is 5.73 Å².